The van der Waals surface area contributed by atoms with Gasteiger partial charge in [-0.2, -0.15) is 0 Å². The Labute approximate surface area is 157 Å². The predicted octanol–water partition coefficient (Wildman–Crippen LogP) is 0.369. The van der Waals surface area contributed by atoms with Crippen LogP contribution in [0, 0.1) is 5.92 Å². The summed E-state index contributed by atoms with van der Waals surface area (Å²) in [7, 11) is 0. The fourth-order valence-electron chi connectivity index (χ4n) is 5.38. The third-order valence-corrected chi connectivity index (χ3v) is 6.77. The van der Waals surface area contributed by atoms with Gasteiger partial charge in [0.25, 0.3) is 5.91 Å². The molecular weight excluding hydrogens is 344 g/mol. The molecule has 0 aromatic heterocycles. The number of hydrogen-bond acceptors (Lipinski definition) is 5. The lowest BCUT2D eigenvalue weighted by molar-refractivity contribution is -0.136. The molecule has 2 bridgehead atoms. The second-order valence-electron chi connectivity index (χ2n) is 8.26. The first-order valence-electron chi connectivity index (χ1n) is 9.78. The van der Waals surface area contributed by atoms with Gasteiger partial charge in [-0.25, -0.2) is 0 Å². The summed E-state index contributed by atoms with van der Waals surface area (Å²) in [5.74, 6) is -0.149. The third-order valence-electron chi connectivity index (χ3n) is 6.77. The van der Waals surface area contributed by atoms with Crippen molar-refractivity contribution in [3.05, 3.63) is 34.9 Å². The molecule has 5 rings (SSSR count). The Kier molecular flexibility index (Phi) is 3.84. The number of piperidine rings is 2. The molecule has 1 aromatic rings. The molecule has 3 fully saturated rings. The Bertz CT molecular complexity index is 839. The van der Waals surface area contributed by atoms with Crippen LogP contribution < -0.4 is 11.1 Å². The maximum Gasteiger partial charge on any atom is 0.255 e. The van der Waals surface area contributed by atoms with Gasteiger partial charge in [0.1, 0.15) is 6.04 Å². The number of benzene rings is 1. The number of imide groups is 1. The average molecular weight is 368 g/mol. The van der Waals surface area contributed by atoms with Crippen LogP contribution in [-0.4, -0.2) is 52.2 Å². The van der Waals surface area contributed by atoms with E-state index in [2.05, 4.69) is 10.2 Å². The van der Waals surface area contributed by atoms with E-state index < -0.39 is 6.04 Å². The van der Waals surface area contributed by atoms with Crippen LogP contribution in [-0.2, 0) is 22.7 Å². The lowest BCUT2D eigenvalue weighted by atomic mass is 10.0. The van der Waals surface area contributed by atoms with Crippen molar-refractivity contribution in [3.63, 3.8) is 0 Å². The van der Waals surface area contributed by atoms with E-state index in [1.54, 1.807) is 4.90 Å². The van der Waals surface area contributed by atoms with Crippen LogP contribution in [0.5, 0.6) is 0 Å². The summed E-state index contributed by atoms with van der Waals surface area (Å²) >= 11 is 0. The van der Waals surface area contributed by atoms with Crippen LogP contribution in [0.1, 0.15) is 47.2 Å². The van der Waals surface area contributed by atoms with E-state index in [1.807, 2.05) is 18.2 Å². The quantitative estimate of drug-likeness (QED) is 0.752. The van der Waals surface area contributed by atoms with Crippen LogP contribution >= 0.6 is 0 Å². The molecule has 142 valence electrons. The Morgan fingerprint density at radius 2 is 2.00 bits per heavy atom. The highest BCUT2D eigenvalue weighted by Crippen LogP contribution is 2.38. The van der Waals surface area contributed by atoms with Crippen LogP contribution in [0.2, 0.25) is 0 Å². The van der Waals surface area contributed by atoms with Gasteiger partial charge >= 0.3 is 0 Å². The number of carbonyl (C=O) groups excluding carboxylic acids is 3. The lowest BCUT2D eigenvalue weighted by Gasteiger charge is -2.29. The topological polar surface area (TPSA) is 95.7 Å². The Hall–Kier alpha value is -2.25. The van der Waals surface area contributed by atoms with Crippen molar-refractivity contribution in [1.82, 2.24) is 15.1 Å². The Balaban J connectivity index is 1.39. The fourth-order valence-corrected chi connectivity index (χ4v) is 5.38. The number of nitrogens with two attached hydrogens (primary N) is 1. The minimum absolute atomic E-state index is 0.0937. The van der Waals surface area contributed by atoms with Gasteiger partial charge in [-0.05, 0) is 36.3 Å². The van der Waals surface area contributed by atoms with Gasteiger partial charge in [0.2, 0.25) is 11.8 Å². The van der Waals surface area contributed by atoms with E-state index in [9.17, 15) is 14.4 Å². The van der Waals surface area contributed by atoms with Gasteiger partial charge in [-0.3, -0.25) is 24.6 Å². The summed E-state index contributed by atoms with van der Waals surface area (Å²) in [6, 6.07) is 6.06. The molecule has 4 aliphatic rings. The summed E-state index contributed by atoms with van der Waals surface area (Å²) in [5, 5.41) is 2.36. The highest BCUT2D eigenvalue weighted by atomic mass is 16.2. The zero-order valence-electron chi connectivity index (χ0n) is 15.2. The first-order chi connectivity index (χ1) is 13.0. The van der Waals surface area contributed by atoms with E-state index in [-0.39, 0.29) is 30.2 Å². The Morgan fingerprint density at radius 1 is 1.15 bits per heavy atom. The zero-order valence-corrected chi connectivity index (χ0v) is 15.2. The summed E-state index contributed by atoms with van der Waals surface area (Å²) in [5.41, 5.74) is 9.05. The number of fused-ring (bicyclic) bond motifs is 3. The van der Waals surface area contributed by atoms with E-state index in [0.717, 1.165) is 36.2 Å². The molecule has 3 heterocycles. The zero-order chi connectivity index (χ0) is 18.7. The molecule has 0 spiro atoms. The van der Waals surface area contributed by atoms with E-state index in [0.29, 0.717) is 24.9 Å². The van der Waals surface area contributed by atoms with Crippen molar-refractivity contribution in [2.75, 3.05) is 6.54 Å². The highest BCUT2D eigenvalue weighted by molar-refractivity contribution is 6.05. The van der Waals surface area contributed by atoms with Crippen molar-refractivity contribution in [1.29, 1.82) is 0 Å². The summed E-state index contributed by atoms with van der Waals surface area (Å²) in [6.45, 7) is 2.16. The van der Waals surface area contributed by atoms with Crippen molar-refractivity contribution in [2.45, 2.75) is 56.9 Å². The second kappa shape index (κ2) is 6.14. The first-order valence-corrected chi connectivity index (χ1v) is 9.78. The molecule has 0 radical (unpaired) electrons. The molecule has 3 aliphatic heterocycles. The molecule has 1 aromatic carbocycles. The number of nitrogens with one attached hydrogen (secondary N) is 1. The normalized spacial score (nSPS) is 32.9. The molecule has 4 atom stereocenters. The van der Waals surface area contributed by atoms with Gasteiger partial charge < -0.3 is 10.6 Å². The van der Waals surface area contributed by atoms with E-state index in [1.165, 1.54) is 6.42 Å². The average Bonchev–Trinajstić information content (AvgIpc) is 3.26. The van der Waals surface area contributed by atoms with Crippen LogP contribution in [0.25, 0.3) is 0 Å². The first kappa shape index (κ1) is 16.9. The molecule has 1 unspecified atom stereocenters. The summed E-state index contributed by atoms with van der Waals surface area (Å²) in [6.07, 6.45) is 3.01. The number of amides is 3. The number of nitrogens with zero attached hydrogens (tertiary/aromatic N) is 2. The number of likely N-dealkylation sites (tertiary alicyclic amines) is 1. The standard InChI is InChI=1S/C20H24N4O3/c21-18-13-4-5-14(18)23(9-13)8-11-2-1-3-12-10-24(20(27)17(11)12)15-6-7-16(25)22-19(15)26/h1-3,13-15,18H,4-10,21H2,(H,22,25,26)/t13-,14-,15?,18-/m1/s1. The van der Waals surface area contributed by atoms with Crippen molar-refractivity contribution < 1.29 is 14.4 Å². The minimum Gasteiger partial charge on any atom is -0.326 e. The smallest absolute Gasteiger partial charge is 0.255 e. The molecular formula is C20H24N4O3. The lowest BCUT2D eigenvalue weighted by Crippen LogP contribution is -2.52. The molecule has 27 heavy (non-hydrogen) atoms. The van der Waals surface area contributed by atoms with Crippen molar-refractivity contribution in [3.8, 4) is 0 Å². The van der Waals surface area contributed by atoms with Crippen molar-refractivity contribution >= 4 is 17.7 Å². The third kappa shape index (κ3) is 2.60. The largest absolute Gasteiger partial charge is 0.326 e. The van der Waals surface area contributed by atoms with Crippen LogP contribution in [0.3, 0.4) is 0 Å². The number of hydrogen-bond donors (Lipinski definition) is 2. The Morgan fingerprint density at radius 3 is 2.70 bits per heavy atom. The van der Waals surface area contributed by atoms with Gasteiger partial charge in [0.05, 0.1) is 0 Å². The molecule has 2 saturated heterocycles. The number of carbonyl (C=O) groups is 3. The fraction of sp³-hybridized carbons (Fsp3) is 0.550. The van der Waals surface area contributed by atoms with Gasteiger partial charge in [0.15, 0.2) is 0 Å². The van der Waals surface area contributed by atoms with Crippen LogP contribution in [0.15, 0.2) is 18.2 Å². The minimum atomic E-state index is -0.563. The van der Waals surface area contributed by atoms with E-state index >= 15 is 0 Å². The molecule has 1 saturated carbocycles. The molecule has 7 heteroatoms. The molecule has 3 N–H and O–H groups in total. The summed E-state index contributed by atoms with van der Waals surface area (Å²) in [4.78, 5) is 40.8. The van der Waals surface area contributed by atoms with Crippen LogP contribution in [0.4, 0.5) is 0 Å². The SMILES string of the molecule is N[C@@H]1[C@@H]2CC[C@H]1N(Cc1cccc3c1C(=O)N(C1CCC(=O)NC1=O)C3)C2. The monoisotopic (exact) mass is 368 g/mol. The highest BCUT2D eigenvalue weighted by Gasteiger charge is 2.45. The molecule has 3 amide bonds. The van der Waals surface area contributed by atoms with Gasteiger partial charge in [-0.1, -0.05) is 18.2 Å². The van der Waals surface area contributed by atoms with Crippen molar-refractivity contribution in [2.24, 2.45) is 11.7 Å². The molecule has 1 aliphatic carbocycles. The summed E-state index contributed by atoms with van der Waals surface area (Å²) < 4.78 is 0. The maximum atomic E-state index is 13.2. The predicted molar refractivity (Wildman–Crippen MR) is 97.4 cm³/mol. The molecule has 7 nitrogen and oxygen atoms in total. The maximum absolute atomic E-state index is 13.2. The van der Waals surface area contributed by atoms with Gasteiger partial charge in [-0.15, -0.1) is 0 Å². The number of rotatable bonds is 3. The van der Waals surface area contributed by atoms with E-state index in [4.69, 9.17) is 5.73 Å². The second-order valence-corrected chi connectivity index (χ2v) is 8.26. The van der Waals surface area contributed by atoms with Gasteiger partial charge in [0, 0.05) is 43.7 Å².